The van der Waals surface area contributed by atoms with Gasteiger partial charge in [0.25, 0.3) is 0 Å². The third kappa shape index (κ3) is 5.32. The van der Waals surface area contributed by atoms with Crippen molar-refractivity contribution in [3.05, 3.63) is 41.1 Å². The van der Waals surface area contributed by atoms with E-state index in [-0.39, 0.29) is 24.9 Å². The number of aryl methyl sites for hydroxylation is 1. The Morgan fingerprint density at radius 2 is 1.88 bits per heavy atom. The van der Waals surface area contributed by atoms with Crippen LogP contribution in [-0.2, 0) is 6.18 Å². The highest BCUT2D eigenvalue weighted by Gasteiger charge is 2.33. The fourth-order valence-corrected chi connectivity index (χ4v) is 2.56. The van der Waals surface area contributed by atoms with Gasteiger partial charge in [-0.05, 0) is 42.5 Å². The monoisotopic (exact) mass is 368 g/mol. The summed E-state index contributed by atoms with van der Waals surface area (Å²) >= 11 is 0. The molecule has 1 heterocycles. The maximum atomic E-state index is 13.1. The number of rotatable bonds is 7. The molecule has 0 fully saturated rings. The van der Waals surface area contributed by atoms with E-state index in [1.165, 1.54) is 5.56 Å². The summed E-state index contributed by atoms with van der Waals surface area (Å²) in [7, 11) is 0. The Kier molecular flexibility index (Phi) is 6.42. The fraction of sp³-hybridized carbons (Fsp3) is 0.444. The van der Waals surface area contributed by atoms with Crippen LogP contribution in [0.4, 0.5) is 30.6 Å². The van der Waals surface area contributed by atoms with Gasteiger partial charge in [0.2, 0.25) is 5.95 Å². The van der Waals surface area contributed by atoms with Gasteiger partial charge in [-0.2, -0.15) is 18.2 Å². The van der Waals surface area contributed by atoms with E-state index in [2.05, 4.69) is 34.4 Å². The van der Waals surface area contributed by atoms with Gasteiger partial charge in [-0.3, -0.25) is 0 Å². The summed E-state index contributed by atoms with van der Waals surface area (Å²) in [5.74, 6) is 0.282. The van der Waals surface area contributed by atoms with Crippen LogP contribution in [0.2, 0.25) is 0 Å². The molecule has 1 aromatic carbocycles. The van der Waals surface area contributed by atoms with Crippen LogP contribution >= 0.6 is 0 Å². The molecule has 0 unspecified atom stereocenters. The first-order valence-corrected chi connectivity index (χ1v) is 8.39. The normalized spacial score (nSPS) is 11.7. The molecule has 2 aromatic rings. The predicted molar refractivity (Wildman–Crippen MR) is 95.8 cm³/mol. The molecule has 1 aromatic heterocycles. The molecule has 0 radical (unpaired) electrons. The van der Waals surface area contributed by atoms with Crippen LogP contribution in [0.3, 0.4) is 0 Å². The second kappa shape index (κ2) is 8.35. The first-order chi connectivity index (χ1) is 12.2. The SMILES string of the molecule is Cc1cc(Nc2cc(C(F)(F)F)nc(NCCCO)n2)ccc1C(C)C. The van der Waals surface area contributed by atoms with Crippen molar-refractivity contribution < 1.29 is 18.3 Å². The van der Waals surface area contributed by atoms with E-state index in [1.54, 1.807) is 0 Å². The third-order valence-electron chi connectivity index (χ3n) is 3.80. The molecule has 0 spiro atoms. The highest BCUT2D eigenvalue weighted by Crippen LogP contribution is 2.31. The van der Waals surface area contributed by atoms with Gasteiger partial charge in [0.15, 0.2) is 5.69 Å². The number of aliphatic hydroxyl groups is 1. The molecule has 0 aliphatic carbocycles. The molecule has 8 heteroatoms. The first-order valence-electron chi connectivity index (χ1n) is 8.39. The second-order valence-electron chi connectivity index (χ2n) is 6.31. The van der Waals surface area contributed by atoms with Gasteiger partial charge in [-0.15, -0.1) is 0 Å². The van der Waals surface area contributed by atoms with Crippen molar-refractivity contribution in [3.8, 4) is 0 Å². The van der Waals surface area contributed by atoms with Gasteiger partial charge in [-0.1, -0.05) is 19.9 Å². The molecule has 0 aliphatic heterocycles. The number of hydrogen-bond donors (Lipinski definition) is 3. The van der Waals surface area contributed by atoms with Crippen LogP contribution in [0, 0.1) is 6.92 Å². The molecule has 0 bridgehead atoms. The van der Waals surface area contributed by atoms with Gasteiger partial charge in [0, 0.05) is 24.9 Å². The zero-order valence-corrected chi connectivity index (χ0v) is 15.0. The molecular formula is C18H23F3N4O. The molecule has 26 heavy (non-hydrogen) atoms. The number of nitrogens with zero attached hydrogens (tertiary/aromatic N) is 2. The minimum Gasteiger partial charge on any atom is -0.396 e. The summed E-state index contributed by atoms with van der Waals surface area (Å²) in [6.45, 7) is 6.33. The molecule has 0 saturated carbocycles. The maximum Gasteiger partial charge on any atom is 0.433 e. The lowest BCUT2D eigenvalue weighted by Crippen LogP contribution is -2.14. The number of anilines is 3. The standard InChI is InChI=1S/C18H23F3N4O/c1-11(2)14-6-5-13(9-12(14)3)23-16-10-15(18(19,20)21)24-17(25-16)22-7-4-8-26/h5-6,9-11,26H,4,7-8H2,1-3H3,(H2,22,23,24,25). The Balaban J connectivity index is 2.29. The molecule has 0 aliphatic rings. The van der Waals surface area contributed by atoms with Crippen molar-refractivity contribution in [1.82, 2.24) is 9.97 Å². The molecule has 5 nitrogen and oxygen atoms in total. The average Bonchev–Trinajstić information content (AvgIpc) is 2.54. The number of hydrogen-bond acceptors (Lipinski definition) is 5. The lowest BCUT2D eigenvalue weighted by atomic mass is 9.98. The van der Waals surface area contributed by atoms with Gasteiger partial charge >= 0.3 is 6.18 Å². The number of benzene rings is 1. The number of alkyl halides is 3. The Morgan fingerprint density at radius 3 is 2.46 bits per heavy atom. The van der Waals surface area contributed by atoms with E-state index in [4.69, 9.17) is 5.11 Å². The van der Waals surface area contributed by atoms with Crippen LogP contribution in [0.15, 0.2) is 24.3 Å². The predicted octanol–water partition coefficient (Wildman–Crippen LogP) is 4.47. The van der Waals surface area contributed by atoms with Crippen molar-refractivity contribution in [2.45, 2.75) is 39.3 Å². The van der Waals surface area contributed by atoms with Crippen LogP contribution in [-0.4, -0.2) is 28.2 Å². The lowest BCUT2D eigenvalue weighted by Gasteiger charge is -2.15. The number of nitrogens with one attached hydrogen (secondary N) is 2. The summed E-state index contributed by atoms with van der Waals surface area (Å²) in [4.78, 5) is 7.59. The Labute approximate surface area is 150 Å². The molecule has 0 saturated heterocycles. The molecule has 2 rings (SSSR count). The first kappa shape index (κ1) is 20.0. The summed E-state index contributed by atoms with van der Waals surface area (Å²) < 4.78 is 39.3. The Hall–Kier alpha value is -2.35. The van der Waals surface area contributed by atoms with Gasteiger partial charge in [-0.25, -0.2) is 4.98 Å². The highest BCUT2D eigenvalue weighted by molar-refractivity contribution is 5.59. The van der Waals surface area contributed by atoms with Crippen molar-refractivity contribution >= 4 is 17.5 Å². The minimum absolute atomic E-state index is 0.0514. The number of halogens is 3. The van der Waals surface area contributed by atoms with Crippen molar-refractivity contribution in [2.75, 3.05) is 23.8 Å². The topological polar surface area (TPSA) is 70.1 Å². The largest absolute Gasteiger partial charge is 0.433 e. The van der Waals surface area contributed by atoms with E-state index in [1.807, 2.05) is 25.1 Å². The molecule has 142 valence electrons. The fourth-order valence-electron chi connectivity index (χ4n) is 2.56. The Morgan fingerprint density at radius 1 is 1.15 bits per heavy atom. The van der Waals surface area contributed by atoms with E-state index in [9.17, 15) is 13.2 Å². The zero-order chi connectivity index (χ0) is 19.3. The third-order valence-corrected chi connectivity index (χ3v) is 3.80. The van der Waals surface area contributed by atoms with Crippen LogP contribution in [0.5, 0.6) is 0 Å². The second-order valence-corrected chi connectivity index (χ2v) is 6.31. The van der Waals surface area contributed by atoms with Crippen molar-refractivity contribution in [3.63, 3.8) is 0 Å². The van der Waals surface area contributed by atoms with Gasteiger partial charge in [0.05, 0.1) is 0 Å². The maximum absolute atomic E-state index is 13.1. The highest BCUT2D eigenvalue weighted by atomic mass is 19.4. The zero-order valence-electron chi connectivity index (χ0n) is 15.0. The summed E-state index contributed by atoms with van der Waals surface area (Å²) in [5, 5.41) is 14.4. The summed E-state index contributed by atoms with van der Waals surface area (Å²) in [6, 6.07) is 6.53. The molecular weight excluding hydrogens is 345 g/mol. The number of aliphatic hydroxyl groups excluding tert-OH is 1. The minimum atomic E-state index is -4.58. The average molecular weight is 368 g/mol. The lowest BCUT2D eigenvalue weighted by molar-refractivity contribution is -0.141. The summed E-state index contributed by atoms with van der Waals surface area (Å²) in [6.07, 6.45) is -4.19. The van der Waals surface area contributed by atoms with E-state index in [0.717, 1.165) is 11.6 Å². The van der Waals surface area contributed by atoms with E-state index in [0.29, 0.717) is 18.0 Å². The van der Waals surface area contributed by atoms with Crippen molar-refractivity contribution in [2.24, 2.45) is 0 Å². The molecule has 0 atom stereocenters. The smallest absolute Gasteiger partial charge is 0.396 e. The molecule has 3 N–H and O–H groups in total. The quantitative estimate of drug-likeness (QED) is 0.629. The van der Waals surface area contributed by atoms with Crippen molar-refractivity contribution in [1.29, 1.82) is 0 Å². The van der Waals surface area contributed by atoms with Crippen LogP contribution < -0.4 is 10.6 Å². The van der Waals surface area contributed by atoms with Gasteiger partial charge < -0.3 is 15.7 Å². The summed E-state index contributed by atoms with van der Waals surface area (Å²) in [5.41, 5.74) is 1.86. The Bertz CT molecular complexity index is 748. The molecule has 0 amide bonds. The van der Waals surface area contributed by atoms with E-state index >= 15 is 0 Å². The van der Waals surface area contributed by atoms with Gasteiger partial charge in [0.1, 0.15) is 5.82 Å². The van der Waals surface area contributed by atoms with E-state index < -0.39 is 11.9 Å². The van der Waals surface area contributed by atoms with Crippen LogP contribution in [0.1, 0.15) is 43.0 Å². The van der Waals surface area contributed by atoms with Crippen LogP contribution in [0.25, 0.3) is 0 Å². The number of aromatic nitrogens is 2.